The van der Waals surface area contributed by atoms with E-state index in [9.17, 15) is 9.59 Å². The molecule has 1 heterocycles. The molecule has 0 aliphatic carbocycles. The second kappa shape index (κ2) is 6.84. The van der Waals surface area contributed by atoms with E-state index in [-0.39, 0.29) is 11.6 Å². The summed E-state index contributed by atoms with van der Waals surface area (Å²) in [6.45, 7) is 4.14. The molecule has 22 heavy (non-hydrogen) atoms. The van der Waals surface area contributed by atoms with Gasteiger partial charge >= 0.3 is 5.97 Å². The van der Waals surface area contributed by atoms with Crippen molar-refractivity contribution in [1.29, 1.82) is 0 Å². The van der Waals surface area contributed by atoms with E-state index in [0.29, 0.717) is 23.7 Å². The van der Waals surface area contributed by atoms with E-state index in [0.717, 1.165) is 6.42 Å². The van der Waals surface area contributed by atoms with E-state index in [1.807, 2.05) is 0 Å². The molecule has 0 fully saturated rings. The minimum atomic E-state index is -1.13. The summed E-state index contributed by atoms with van der Waals surface area (Å²) in [4.78, 5) is 22.6. The number of nitrogens with one attached hydrogen (secondary N) is 1. The smallest absolute Gasteiger partial charge is 0.358 e. The molecule has 0 unspecified atom stereocenters. The van der Waals surface area contributed by atoms with Gasteiger partial charge in [0.2, 0.25) is 5.91 Å². The third kappa shape index (κ3) is 4.15. The van der Waals surface area contributed by atoms with Crippen LogP contribution in [0.5, 0.6) is 0 Å². The lowest BCUT2D eigenvalue weighted by Crippen LogP contribution is -2.12. The highest BCUT2D eigenvalue weighted by molar-refractivity contribution is 5.91. The molecule has 116 valence electrons. The van der Waals surface area contributed by atoms with Gasteiger partial charge in [0.05, 0.1) is 11.9 Å². The van der Waals surface area contributed by atoms with Crippen molar-refractivity contribution < 1.29 is 14.7 Å². The Morgan fingerprint density at radius 1 is 1.36 bits per heavy atom. The number of carboxylic acid groups (broad SMARTS) is 1. The Bertz CT molecular complexity index is 679. The topological polar surface area (TPSA) is 97.1 Å². The van der Waals surface area contributed by atoms with Crippen LogP contribution in [0, 0.1) is 5.92 Å². The Morgan fingerprint density at radius 3 is 2.77 bits per heavy atom. The number of aromatic carboxylic acids is 1. The molecule has 0 saturated heterocycles. The monoisotopic (exact) mass is 302 g/mol. The van der Waals surface area contributed by atoms with Gasteiger partial charge in [-0.1, -0.05) is 25.1 Å². The molecule has 7 heteroatoms. The molecular weight excluding hydrogens is 284 g/mol. The molecule has 2 rings (SSSR count). The maximum atomic E-state index is 11.8. The average Bonchev–Trinajstić information content (AvgIpc) is 2.95. The van der Waals surface area contributed by atoms with Crippen LogP contribution in [0.1, 0.15) is 37.2 Å². The zero-order valence-corrected chi connectivity index (χ0v) is 12.5. The molecule has 1 aromatic heterocycles. The van der Waals surface area contributed by atoms with Gasteiger partial charge in [-0.15, -0.1) is 5.10 Å². The Kier molecular flexibility index (Phi) is 4.88. The number of aromatic nitrogens is 3. The molecule has 0 spiro atoms. The molecule has 7 nitrogen and oxygen atoms in total. The van der Waals surface area contributed by atoms with Crippen molar-refractivity contribution in [3.63, 3.8) is 0 Å². The lowest BCUT2D eigenvalue weighted by molar-refractivity contribution is -0.116. The highest BCUT2D eigenvalue weighted by Gasteiger charge is 2.10. The maximum Gasteiger partial charge on any atom is 0.358 e. The number of rotatable bonds is 6. The summed E-state index contributed by atoms with van der Waals surface area (Å²) < 4.78 is 1.35. The van der Waals surface area contributed by atoms with Gasteiger partial charge in [-0.05, 0) is 30.5 Å². The maximum absolute atomic E-state index is 11.8. The molecule has 1 aromatic carbocycles. The molecule has 0 radical (unpaired) electrons. The summed E-state index contributed by atoms with van der Waals surface area (Å²) in [5.74, 6) is -0.707. The molecule has 0 aliphatic heterocycles. The van der Waals surface area contributed by atoms with Gasteiger partial charge in [-0.25, -0.2) is 9.48 Å². The van der Waals surface area contributed by atoms with Crippen LogP contribution in [0.2, 0.25) is 0 Å². The zero-order chi connectivity index (χ0) is 16.1. The summed E-state index contributed by atoms with van der Waals surface area (Å²) >= 11 is 0. The van der Waals surface area contributed by atoms with Gasteiger partial charge in [-0.3, -0.25) is 4.79 Å². The number of amides is 1. The van der Waals surface area contributed by atoms with E-state index in [2.05, 4.69) is 29.5 Å². The van der Waals surface area contributed by atoms with Gasteiger partial charge in [0.1, 0.15) is 0 Å². The van der Waals surface area contributed by atoms with Crippen molar-refractivity contribution in [2.75, 3.05) is 5.32 Å². The number of carboxylic acids is 1. The van der Waals surface area contributed by atoms with Gasteiger partial charge in [0.15, 0.2) is 5.69 Å². The van der Waals surface area contributed by atoms with Crippen molar-refractivity contribution >= 4 is 17.6 Å². The largest absolute Gasteiger partial charge is 0.476 e. The second-order valence-corrected chi connectivity index (χ2v) is 5.38. The first-order chi connectivity index (χ1) is 10.5. The molecule has 0 saturated carbocycles. The van der Waals surface area contributed by atoms with E-state index in [1.54, 1.807) is 24.3 Å². The summed E-state index contributed by atoms with van der Waals surface area (Å²) in [7, 11) is 0. The fourth-order valence-electron chi connectivity index (χ4n) is 1.86. The Hall–Kier alpha value is -2.70. The lowest BCUT2D eigenvalue weighted by Gasteiger charge is -2.08. The quantitative estimate of drug-likeness (QED) is 0.853. The third-order valence-corrected chi connectivity index (χ3v) is 3.06. The number of anilines is 1. The number of nitrogens with zero attached hydrogens (tertiary/aromatic N) is 3. The molecule has 2 N–H and O–H groups in total. The van der Waals surface area contributed by atoms with E-state index < -0.39 is 5.97 Å². The number of hydrogen-bond acceptors (Lipinski definition) is 4. The fourth-order valence-corrected chi connectivity index (χ4v) is 1.86. The summed E-state index contributed by atoms with van der Waals surface area (Å²) in [5, 5.41) is 19.0. The second-order valence-electron chi connectivity index (χ2n) is 5.38. The van der Waals surface area contributed by atoms with E-state index in [1.165, 1.54) is 10.9 Å². The standard InChI is InChI=1S/C15H18N4O3/c1-10(2)6-7-14(20)16-11-4-3-5-12(8-11)19-9-13(15(21)22)17-18-19/h3-5,8-10H,6-7H2,1-2H3,(H,16,20)(H,21,22). The predicted molar refractivity (Wildman–Crippen MR) is 81.0 cm³/mol. The molecule has 1 amide bonds. The highest BCUT2D eigenvalue weighted by Crippen LogP contribution is 2.15. The number of carbonyl (C=O) groups is 2. The zero-order valence-electron chi connectivity index (χ0n) is 12.5. The van der Waals surface area contributed by atoms with Crippen LogP contribution in [0.25, 0.3) is 5.69 Å². The SMILES string of the molecule is CC(C)CCC(=O)Nc1cccc(-n2cc(C(=O)O)nn2)c1. The van der Waals surface area contributed by atoms with Gasteiger partial charge in [0.25, 0.3) is 0 Å². The number of carbonyl (C=O) groups excluding carboxylic acids is 1. The van der Waals surface area contributed by atoms with Crippen LogP contribution >= 0.6 is 0 Å². The minimum absolute atomic E-state index is 0.0457. The Morgan fingerprint density at radius 2 is 2.14 bits per heavy atom. The molecule has 0 atom stereocenters. The Labute approximate surface area is 128 Å². The van der Waals surface area contributed by atoms with Crippen molar-refractivity contribution in [2.24, 2.45) is 5.92 Å². The predicted octanol–water partition coefficient (Wildman–Crippen LogP) is 2.34. The first kappa shape index (κ1) is 15.7. The third-order valence-electron chi connectivity index (χ3n) is 3.06. The summed E-state index contributed by atoms with van der Waals surface area (Å²) in [6.07, 6.45) is 2.62. The van der Waals surface area contributed by atoms with Crippen LogP contribution in [-0.4, -0.2) is 32.0 Å². The van der Waals surface area contributed by atoms with Crippen molar-refractivity contribution in [3.8, 4) is 5.69 Å². The van der Waals surface area contributed by atoms with Gasteiger partial charge in [-0.2, -0.15) is 0 Å². The van der Waals surface area contributed by atoms with Crippen LogP contribution in [0.4, 0.5) is 5.69 Å². The molecule has 2 aromatic rings. The van der Waals surface area contributed by atoms with E-state index in [4.69, 9.17) is 5.11 Å². The van der Waals surface area contributed by atoms with Crippen molar-refractivity contribution in [3.05, 3.63) is 36.2 Å². The van der Waals surface area contributed by atoms with Crippen molar-refractivity contribution in [1.82, 2.24) is 15.0 Å². The fraction of sp³-hybridized carbons (Fsp3) is 0.333. The average molecular weight is 302 g/mol. The summed E-state index contributed by atoms with van der Waals surface area (Å²) in [5.41, 5.74) is 1.13. The van der Waals surface area contributed by atoms with E-state index >= 15 is 0 Å². The van der Waals surface area contributed by atoms with Crippen molar-refractivity contribution in [2.45, 2.75) is 26.7 Å². The molecular formula is C15H18N4O3. The van der Waals surface area contributed by atoms with Gasteiger partial charge in [0, 0.05) is 12.1 Å². The highest BCUT2D eigenvalue weighted by atomic mass is 16.4. The van der Waals surface area contributed by atoms with Crippen LogP contribution in [0.15, 0.2) is 30.5 Å². The normalized spacial score (nSPS) is 10.7. The first-order valence-electron chi connectivity index (χ1n) is 7.01. The molecule has 0 bridgehead atoms. The molecule has 0 aliphatic rings. The van der Waals surface area contributed by atoms with Gasteiger partial charge < -0.3 is 10.4 Å². The minimum Gasteiger partial charge on any atom is -0.476 e. The lowest BCUT2D eigenvalue weighted by atomic mass is 10.1. The first-order valence-corrected chi connectivity index (χ1v) is 7.01. The number of benzene rings is 1. The van der Waals surface area contributed by atoms with Crippen LogP contribution in [-0.2, 0) is 4.79 Å². The Balaban J connectivity index is 2.09. The summed E-state index contributed by atoms with van der Waals surface area (Å²) in [6, 6.07) is 7.00. The van der Waals surface area contributed by atoms with Crippen LogP contribution < -0.4 is 5.32 Å². The number of hydrogen-bond donors (Lipinski definition) is 2. The van der Waals surface area contributed by atoms with Crippen LogP contribution in [0.3, 0.4) is 0 Å².